The van der Waals surface area contributed by atoms with E-state index >= 15 is 0 Å². The first kappa shape index (κ1) is 21.0. The molecule has 8 nitrogen and oxygen atoms in total. The Hall–Kier alpha value is -2.74. The fraction of sp³-hybridized carbons (Fsp3) is 0.524. The topological polar surface area (TPSA) is 120 Å². The highest BCUT2D eigenvalue weighted by molar-refractivity contribution is 5.96. The molecule has 0 spiro atoms. The minimum absolute atomic E-state index is 0.0377. The molecule has 0 bridgehead atoms. The van der Waals surface area contributed by atoms with E-state index < -0.39 is 17.5 Å². The van der Waals surface area contributed by atoms with Crippen molar-refractivity contribution in [3.63, 3.8) is 0 Å². The van der Waals surface area contributed by atoms with Crippen LogP contribution < -0.4 is 10.6 Å². The summed E-state index contributed by atoms with van der Waals surface area (Å²) in [6, 6.07) is 3.62. The van der Waals surface area contributed by atoms with Crippen LogP contribution in [0.5, 0.6) is 11.6 Å². The number of hydrogen-bond acceptors (Lipinski definition) is 7. The van der Waals surface area contributed by atoms with Gasteiger partial charge in [-0.05, 0) is 49.9 Å². The average Bonchev–Trinajstić information content (AvgIpc) is 2.74. The van der Waals surface area contributed by atoms with Crippen LogP contribution in [0.15, 0.2) is 18.3 Å². The number of carbonyl (C=O) groups excluding carboxylic acids is 1. The van der Waals surface area contributed by atoms with Gasteiger partial charge in [0.1, 0.15) is 5.69 Å². The Bertz CT molecular complexity index is 852. The summed E-state index contributed by atoms with van der Waals surface area (Å²) in [7, 11) is 0. The lowest BCUT2D eigenvalue weighted by molar-refractivity contribution is 0.0910. The highest BCUT2D eigenvalue weighted by Gasteiger charge is 2.26. The predicted octanol–water partition coefficient (Wildman–Crippen LogP) is 2.76. The maximum atomic E-state index is 12.8. The number of aromatic nitrogens is 3. The predicted molar refractivity (Wildman–Crippen MR) is 109 cm³/mol. The molecule has 0 saturated heterocycles. The molecule has 4 N–H and O–H groups in total. The zero-order valence-corrected chi connectivity index (χ0v) is 17.0. The van der Waals surface area contributed by atoms with E-state index in [0.29, 0.717) is 18.2 Å². The molecule has 1 aliphatic rings. The molecule has 1 saturated carbocycles. The lowest BCUT2D eigenvalue weighted by Crippen LogP contribution is -2.39. The van der Waals surface area contributed by atoms with E-state index in [1.807, 2.05) is 19.9 Å². The normalized spacial score (nSPS) is 15.8. The molecule has 8 heteroatoms. The van der Waals surface area contributed by atoms with Gasteiger partial charge in [0, 0.05) is 18.8 Å². The Kier molecular flexibility index (Phi) is 6.98. The molecule has 0 unspecified atom stereocenters. The summed E-state index contributed by atoms with van der Waals surface area (Å²) in [6.07, 6.45) is 7.36. The summed E-state index contributed by atoms with van der Waals surface area (Å²) in [5, 5.41) is 26.4. The zero-order chi connectivity index (χ0) is 20.8. The van der Waals surface area contributed by atoms with Gasteiger partial charge in [-0.15, -0.1) is 0 Å². The van der Waals surface area contributed by atoms with E-state index in [0.717, 1.165) is 24.9 Å². The van der Waals surface area contributed by atoms with E-state index in [1.165, 1.54) is 19.3 Å². The molecule has 2 aromatic heterocycles. The molecule has 156 valence electrons. The van der Waals surface area contributed by atoms with Crippen LogP contribution in [0.4, 0.5) is 0 Å². The number of nitrogens with one attached hydrogen (secondary N) is 2. The number of nitrogens with zero attached hydrogens (tertiary/aromatic N) is 3. The SMILES string of the molecule is CCNCc1ccnc(-c2nc(O)c(O)c(C(=O)N[C@H](C)C3CCCCC3)n2)c1. The van der Waals surface area contributed by atoms with Gasteiger partial charge in [0.2, 0.25) is 5.75 Å². The van der Waals surface area contributed by atoms with E-state index in [9.17, 15) is 15.0 Å². The summed E-state index contributed by atoms with van der Waals surface area (Å²) in [5.74, 6) is -1.28. The Morgan fingerprint density at radius 3 is 2.72 bits per heavy atom. The molecule has 1 amide bonds. The van der Waals surface area contributed by atoms with E-state index in [1.54, 1.807) is 12.3 Å². The van der Waals surface area contributed by atoms with Gasteiger partial charge in [-0.25, -0.2) is 4.98 Å². The summed E-state index contributed by atoms with van der Waals surface area (Å²) >= 11 is 0. The van der Waals surface area contributed by atoms with Crippen molar-refractivity contribution < 1.29 is 15.0 Å². The Morgan fingerprint density at radius 2 is 2.00 bits per heavy atom. The van der Waals surface area contributed by atoms with Crippen LogP contribution in [0, 0.1) is 5.92 Å². The van der Waals surface area contributed by atoms with Crippen LogP contribution in [0.2, 0.25) is 0 Å². The van der Waals surface area contributed by atoms with Crippen molar-refractivity contribution in [1.82, 2.24) is 25.6 Å². The zero-order valence-electron chi connectivity index (χ0n) is 17.0. The monoisotopic (exact) mass is 399 g/mol. The second kappa shape index (κ2) is 9.65. The highest BCUT2D eigenvalue weighted by atomic mass is 16.3. The summed E-state index contributed by atoms with van der Waals surface area (Å²) in [5.41, 5.74) is 1.16. The maximum Gasteiger partial charge on any atom is 0.274 e. The van der Waals surface area contributed by atoms with Gasteiger partial charge in [0.15, 0.2) is 11.5 Å². The molecule has 0 aromatic carbocycles. The van der Waals surface area contributed by atoms with Gasteiger partial charge in [-0.3, -0.25) is 9.78 Å². The standard InChI is InChI=1S/C21H29N5O3/c1-3-22-12-14-9-10-23-16(11-14)19-25-17(18(27)21(29)26-19)20(28)24-13(2)15-7-5-4-6-8-15/h9-11,13,15,22,27H,3-8,12H2,1-2H3,(H,24,28)(H,25,26,29)/t13-/m1/s1. The molecule has 1 fully saturated rings. The third-order valence-corrected chi connectivity index (χ3v) is 5.43. The van der Waals surface area contributed by atoms with E-state index in [-0.39, 0.29) is 17.6 Å². The van der Waals surface area contributed by atoms with Crippen molar-refractivity contribution in [1.29, 1.82) is 0 Å². The van der Waals surface area contributed by atoms with Gasteiger partial charge in [0.05, 0.1) is 0 Å². The smallest absolute Gasteiger partial charge is 0.274 e. The van der Waals surface area contributed by atoms with Crippen LogP contribution in [0.3, 0.4) is 0 Å². The fourth-order valence-corrected chi connectivity index (χ4v) is 3.72. The number of hydrogen-bond donors (Lipinski definition) is 4. The van der Waals surface area contributed by atoms with Crippen LogP contribution >= 0.6 is 0 Å². The molecular formula is C21H29N5O3. The van der Waals surface area contributed by atoms with Gasteiger partial charge < -0.3 is 20.8 Å². The van der Waals surface area contributed by atoms with Crippen LogP contribution in [0.1, 0.15) is 62.0 Å². The summed E-state index contributed by atoms with van der Waals surface area (Å²) < 4.78 is 0. The number of carbonyl (C=O) groups is 1. The Morgan fingerprint density at radius 1 is 1.24 bits per heavy atom. The molecular weight excluding hydrogens is 370 g/mol. The molecule has 1 aliphatic carbocycles. The molecule has 0 aliphatic heterocycles. The molecule has 3 rings (SSSR count). The summed E-state index contributed by atoms with van der Waals surface area (Å²) in [4.78, 5) is 25.1. The third kappa shape index (κ3) is 5.20. The van der Waals surface area contributed by atoms with E-state index in [4.69, 9.17) is 0 Å². The molecule has 1 atom stereocenters. The number of pyridine rings is 1. The van der Waals surface area contributed by atoms with Gasteiger partial charge in [-0.1, -0.05) is 26.2 Å². The average molecular weight is 399 g/mol. The quantitative estimate of drug-likeness (QED) is 0.565. The lowest BCUT2D eigenvalue weighted by atomic mass is 9.84. The number of amides is 1. The first-order chi connectivity index (χ1) is 14.0. The molecule has 2 aromatic rings. The molecule has 0 radical (unpaired) electrons. The van der Waals surface area contributed by atoms with Crippen molar-refractivity contribution in [2.45, 2.75) is 58.5 Å². The first-order valence-corrected chi connectivity index (χ1v) is 10.3. The van der Waals surface area contributed by atoms with Crippen molar-refractivity contribution in [2.75, 3.05) is 6.54 Å². The minimum Gasteiger partial charge on any atom is -0.501 e. The van der Waals surface area contributed by atoms with Crippen LogP contribution in [-0.4, -0.2) is 43.7 Å². The maximum absolute atomic E-state index is 12.8. The Labute approximate surface area is 170 Å². The molecule has 2 heterocycles. The second-order valence-electron chi connectivity index (χ2n) is 7.56. The van der Waals surface area contributed by atoms with Crippen molar-refractivity contribution >= 4 is 5.91 Å². The van der Waals surface area contributed by atoms with Crippen LogP contribution in [-0.2, 0) is 6.54 Å². The third-order valence-electron chi connectivity index (χ3n) is 5.43. The fourth-order valence-electron chi connectivity index (χ4n) is 3.72. The van der Waals surface area contributed by atoms with Crippen molar-refractivity contribution in [3.05, 3.63) is 29.6 Å². The first-order valence-electron chi connectivity index (χ1n) is 10.3. The van der Waals surface area contributed by atoms with Gasteiger partial charge in [-0.2, -0.15) is 4.98 Å². The highest BCUT2D eigenvalue weighted by Crippen LogP contribution is 2.30. The second-order valence-corrected chi connectivity index (χ2v) is 7.56. The number of aromatic hydroxyl groups is 2. The van der Waals surface area contributed by atoms with Crippen LogP contribution in [0.25, 0.3) is 11.5 Å². The van der Waals surface area contributed by atoms with E-state index in [2.05, 4.69) is 25.6 Å². The van der Waals surface area contributed by atoms with Crippen molar-refractivity contribution in [2.24, 2.45) is 5.92 Å². The number of rotatable bonds is 7. The van der Waals surface area contributed by atoms with Crippen molar-refractivity contribution in [3.8, 4) is 23.1 Å². The van der Waals surface area contributed by atoms with Gasteiger partial charge in [0.25, 0.3) is 11.8 Å². The minimum atomic E-state index is -0.635. The molecule has 29 heavy (non-hydrogen) atoms. The Balaban J connectivity index is 1.82. The summed E-state index contributed by atoms with van der Waals surface area (Å²) in [6.45, 7) is 5.47. The largest absolute Gasteiger partial charge is 0.501 e. The lowest BCUT2D eigenvalue weighted by Gasteiger charge is -2.28. The van der Waals surface area contributed by atoms with Gasteiger partial charge >= 0.3 is 0 Å².